The highest BCUT2D eigenvalue weighted by molar-refractivity contribution is 9.10. The molecule has 19 heavy (non-hydrogen) atoms. The highest BCUT2D eigenvalue weighted by atomic mass is 79.9. The third kappa shape index (κ3) is 3.52. The standard InChI is InChI=1S/C13H12BrNO2S2/c1-19(16,17)9-6-7-13(11(15)8-9)18-12-5-3-2-4-10(12)14/h2-8H,15H2,1H3. The second-order valence-electron chi connectivity index (χ2n) is 4.00. The van der Waals surface area contributed by atoms with Crippen LogP contribution in [-0.4, -0.2) is 14.7 Å². The van der Waals surface area contributed by atoms with Gasteiger partial charge >= 0.3 is 0 Å². The molecule has 100 valence electrons. The molecule has 0 aliphatic rings. The summed E-state index contributed by atoms with van der Waals surface area (Å²) in [4.78, 5) is 2.10. The minimum Gasteiger partial charge on any atom is -0.398 e. The molecule has 0 spiro atoms. The maximum Gasteiger partial charge on any atom is 0.175 e. The van der Waals surface area contributed by atoms with E-state index in [1.165, 1.54) is 24.1 Å². The predicted molar refractivity (Wildman–Crippen MR) is 82.2 cm³/mol. The quantitative estimate of drug-likeness (QED) is 0.852. The molecule has 0 aliphatic heterocycles. The summed E-state index contributed by atoms with van der Waals surface area (Å²) in [5.41, 5.74) is 6.38. The molecule has 0 radical (unpaired) electrons. The molecular formula is C13H12BrNO2S2. The Bertz CT molecular complexity index is 714. The van der Waals surface area contributed by atoms with Crippen LogP contribution in [0.25, 0.3) is 0 Å². The van der Waals surface area contributed by atoms with Gasteiger partial charge in [0.15, 0.2) is 9.84 Å². The average molecular weight is 358 g/mol. The molecule has 2 aromatic rings. The Morgan fingerprint density at radius 3 is 2.37 bits per heavy atom. The lowest BCUT2D eigenvalue weighted by Gasteiger charge is -2.08. The lowest BCUT2D eigenvalue weighted by Crippen LogP contribution is -1.99. The maximum absolute atomic E-state index is 11.4. The van der Waals surface area contributed by atoms with Gasteiger partial charge in [0.25, 0.3) is 0 Å². The van der Waals surface area contributed by atoms with Gasteiger partial charge in [0.1, 0.15) is 0 Å². The zero-order valence-corrected chi connectivity index (χ0v) is 13.3. The first-order valence-corrected chi connectivity index (χ1v) is 8.90. The normalized spacial score (nSPS) is 11.5. The molecular weight excluding hydrogens is 346 g/mol. The van der Waals surface area contributed by atoms with Crippen molar-refractivity contribution in [3.05, 3.63) is 46.9 Å². The summed E-state index contributed by atoms with van der Waals surface area (Å²) in [6.07, 6.45) is 1.17. The van der Waals surface area contributed by atoms with Crippen LogP contribution in [-0.2, 0) is 9.84 Å². The van der Waals surface area contributed by atoms with Crippen LogP contribution in [0.5, 0.6) is 0 Å². The molecule has 0 aromatic heterocycles. The SMILES string of the molecule is CS(=O)(=O)c1ccc(Sc2ccccc2Br)c(N)c1. The summed E-state index contributed by atoms with van der Waals surface area (Å²) in [5, 5.41) is 0. The van der Waals surface area contributed by atoms with E-state index >= 15 is 0 Å². The fourth-order valence-electron chi connectivity index (χ4n) is 1.50. The van der Waals surface area contributed by atoms with Gasteiger partial charge in [-0.15, -0.1) is 0 Å². The Labute approximate surface area is 125 Å². The van der Waals surface area contributed by atoms with Crippen LogP contribution in [0.3, 0.4) is 0 Å². The minimum absolute atomic E-state index is 0.237. The topological polar surface area (TPSA) is 60.2 Å². The van der Waals surface area contributed by atoms with Crippen LogP contribution in [0.4, 0.5) is 5.69 Å². The lowest BCUT2D eigenvalue weighted by atomic mass is 10.3. The minimum atomic E-state index is -3.22. The van der Waals surface area contributed by atoms with Crippen LogP contribution in [0.15, 0.2) is 61.6 Å². The smallest absolute Gasteiger partial charge is 0.175 e. The fraction of sp³-hybridized carbons (Fsp3) is 0.0769. The lowest BCUT2D eigenvalue weighted by molar-refractivity contribution is 0.602. The molecule has 0 saturated heterocycles. The van der Waals surface area contributed by atoms with E-state index in [0.717, 1.165) is 14.3 Å². The monoisotopic (exact) mass is 357 g/mol. The van der Waals surface area contributed by atoms with Crippen LogP contribution >= 0.6 is 27.7 Å². The van der Waals surface area contributed by atoms with Crippen molar-refractivity contribution in [2.24, 2.45) is 0 Å². The number of hydrogen-bond acceptors (Lipinski definition) is 4. The summed E-state index contributed by atoms with van der Waals surface area (Å²) < 4.78 is 23.9. The first-order valence-electron chi connectivity index (χ1n) is 5.40. The number of halogens is 1. The molecule has 3 nitrogen and oxygen atoms in total. The van der Waals surface area contributed by atoms with Gasteiger partial charge in [-0.25, -0.2) is 8.42 Å². The molecule has 0 bridgehead atoms. The van der Waals surface area contributed by atoms with Gasteiger partial charge in [0.05, 0.1) is 4.90 Å². The van der Waals surface area contributed by atoms with Crippen LogP contribution < -0.4 is 5.73 Å². The van der Waals surface area contributed by atoms with E-state index in [4.69, 9.17) is 5.73 Å². The molecule has 0 unspecified atom stereocenters. The second kappa shape index (κ2) is 5.56. The van der Waals surface area contributed by atoms with E-state index in [0.29, 0.717) is 5.69 Å². The number of sulfone groups is 1. The predicted octanol–water partition coefficient (Wildman–Crippen LogP) is 3.59. The molecule has 0 aliphatic carbocycles. The van der Waals surface area contributed by atoms with Crippen LogP contribution in [0, 0.1) is 0 Å². The van der Waals surface area contributed by atoms with Gasteiger partial charge in [0.2, 0.25) is 0 Å². The molecule has 0 saturated carbocycles. The third-order valence-corrected chi connectivity index (χ3v) is 5.70. The highest BCUT2D eigenvalue weighted by Crippen LogP contribution is 2.36. The number of nitrogen functional groups attached to an aromatic ring is 1. The number of rotatable bonds is 3. The molecule has 0 amide bonds. The van der Waals surface area contributed by atoms with E-state index in [1.807, 2.05) is 24.3 Å². The van der Waals surface area contributed by atoms with Gasteiger partial charge in [-0.05, 0) is 46.3 Å². The number of benzene rings is 2. The molecule has 2 N–H and O–H groups in total. The Kier molecular flexibility index (Phi) is 4.23. The summed E-state index contributed by atoms with van der Waals surface area (Å²) in [6, 6.07) is 12.6. The molecule has 0 atom stereocenters. The summed E-state index contributed by atoms with van der Waals surface area (Å²) >= 11 is 4.96. The fourth-order valence-corrected chi connectivity index (χ4v) is 3.54. The van der Waals surface area contributed by atoms with Crippen LogP contribution in [0.2, 0.25) is 0 Å². The highest BCUT2D eigenvalue weighted by Gasteiger charge is 2.11. The van der Waals surface area contributed by atoms with E-state index in [2.05, 4.69) is 15.9 Å². The summed E-state index contributed by atoms with van der Waals surface area (Å²) in [5.74, 6) is 0. The van der Waals surface area contributed by atoms with E-state index < -0.39 is 9.84 Å². The maximum atomic E-state index is 11.4. The number of nitrogens with two attached hydrogens (primary N) is 1. The van der Waals surface area contributed by atoms with Crippen molar-refractivity contribution in [2.45, 2.75) is 14.7 Å². The van der Waals surface area contributed by atoms with Gasteiger partial charge in [-0.1, -0.05) is 23.9 Å². The third-order valence-electron chi connectivity index (χ3n) is 2.47. The van der Waals surface area contributed by atoms with Crippen molar-refractivity contribution in [1.82, 2.24) is 0 Å². The van der Waals surface area contributed by atoms with E-state index in [-0.39, 0.29) is 4.90 Å². The van der Waals surface area contributed by atoms with Crippen molar-refractivity contribution in [3.63, 3.8) is 0 Å². The number of anilines is 1. The van der Waals surface area contributed by atoms with Crippen molar-refractivity contribution < 1.29 is 8.42 Å². The molecule has 2 aromatic carbocycles. The van der Waals surface area contributed by atoms with Gasteiger partial charge in [-0.3, -0.25) is 0 Å². The van der Waals surface area contributed by atoms with E-state index in [9.17, 15) is 8.42 Å². The zero-order chi connectivity index (χ0) is 14.0. The van der Waals surface area contributed by atoms with Gasteiger partial charge < -0.3 is 5.73 Å². The Balaban J connectivity index is 2.36. The van der Waals surface area contributed by atoms with Crippen LogP contribution in [0.1, 0.15) is 0 Å². The summed E-state index contributed by atoms with van der Waals surface area (Å²) in [6.45, 7) is 0. The van der Waals surface area contributed by atoms with E-state index in [1.54, 1.807) is 12.1 Å². The molecule has 6 heteroatoms. The average Bonchev–Trinajstić information content (AvgIpc) is 2.33. The number of hydrogen-bond donors (Lipinski definition) is 1. The van der Waals surface area contributed by atoms with Crippen molar-refractivity contribution in [1.29, 1.82) is 0 Å². The summed E-state index contributed by atoms with van der Waals surface area (Å²) in [7, 11) is -3.22. The Morgan fingerprint density at radius 2 is 1.79 bits per heavy atom. The molecule has 0 heterocycles. The Morgan fingerprint density at radius 1 is 1.11 bits per heavy atom. The first kappa shape index (κ1) is 14.4. The molecule has 2 rings (SSSR count). The Hall–Kier alpha value is -0.980. The largest absolute Gasteiger partial charge is 0.398 e. The first-order chi connectivity index (χ1) is 8.88. The molecule has 0 fully saturated rings. The van der Waals surface area contributed by atoms with Gasteiger partial charge in [0, 0.05) is 26.2 Å². The van der Waals surface area contributed by atoms with Gasteiger partial charge in [-0.2, -0.15) is 0 Å². The van der Waals surface area contributed by atoms with Crippen molar-refractivity contribution >= 4 is 43.2 Å². The van der Waals surface area contributed by atoms with Crippen molar-refractivity contribution in [2.75, 3.05) is 12.0 Å². The van der Waals surface area contributed by atoms with Crippen molar-refractivity contribution in [3.8, 4) is 0 Å². The zero-order valence-electron chi connectivity index (χ0n) is 10.1. The second-order valence-corrected chi connectivity index (χ2v) is 7.96.